The first-order valence-electron chi connectivity index (χ1n) is 6.21. The number of hydrogen-bond donors (Lipinski definition) is 1. The van der Waals surface area contributed by atoms with Crippen molar-refractivity contribution in [2.24, 2.45) is 0 Å². The van der Waals surface area contributed by atoms with E-state index in [2.05, 4.69) is 0 Å². The van der Waals surface area contributed by atoms with Crippen LogP contribution in [0.3, 0.4) is 0 Å². The molecule has 0 aliphatic rings. The van der Waals surface area contributed by atoms with Crippen LogP contribution in [0.15, 0.2) is 36.4 Å². The molecule has 0 saturated heterocycles. The molecular weight excluding hydrogens is 363 g/mol. The first kappa shape index (κ1) is 19.3. The van der Waals surface area contributed by atoms with Crippen molar-refractivity contribution >= 4 is 40.5 Å². The minimum atomic E-state index is -1.17. The second-order valence-electron chi connectivity index (χ2n) is 4.44. The highest BCUT2D eigenvalue weighted by Crippen LogP contribution is 2.25. The summed E-state index contributed by atoms with van der Waals surface area (Å²) in [4.78, 5) is 29.8. The van der Waals surface area contributed by atoms with Gasteiger partial charge in [0.15, 0.2) is 0 Å². The lowest BCUT2D eigenvalue weighted by Crippen LogP contribution is -1.97. The summed E-state index contributed by atoms with van der Waals surface area (Å²) >= 11 is 11.0. The number of nitrogens with zero attached hydrogens (tertiary/aromatic N) is 2. The van der Waals surface area contributed by atoms with Gasteiger partial charge >= 0.3 is 5.97 Å². The summed E-state index contributed by atoms with van der Waals surface area (Å²) in [7, 11) is 0. The number of benzene rings is 2. The van der Waals surface area contributed by atoms with Crippen LogP contribution in [0.25, 0.3) is 0 Å². The molecule has 126 valence electrons. The smallest absolute Gasteiger partial charge is 0.335 e. The van der Waals surface area contributed by atoms with Gasteiger partial charge in [0.05, 0.1) is 15.4 Å². The number of hydrogen-bond acceptors (Lipinski definition) is 5. The second-order valence-corrected chi connectivity index (χ2v) is 5.25. The highest BCUT2D eigenvalue weighted by atomic mass is 35.5. The van der Waals surface area contributed by atoms with E-state index in [9.17, 15) is 25.0 Å². The predicted octanol–water partition coefficient (Wildman–Crippen LogP) is 4.50. The standard InChI is InChI=1S/C7H4ClNO4.C7H6ClNO2/c8-5-3-4(7(10)11)1-2-6(5)9(12)13;1-5-2-3-7(9(10)11)6(8)4-5/h1-3H,(H,10,11);2-4H,1H3. The molecule has 0 unspecified atom stereocenters. The third kappa shape index (κ3) is 5.18. The molecule has 0 saturated carbocycles. The summed E-state index contributed by atoms with van der Waals surface area (Å²) in [6.45, 7) is 1.83. The van der Waals surface area contributed by atoms with Gasteiger partial charge in [-0.2, -0.15) is 0 Å². The summed E-state index contributed by atoms with van der Waals surface area (Å²) < 4.78 is 0. The molecule has 0 radical (unpaired) electrons. The summed E-state index contributed by atoms with van der Waals surface area (Å²) in [6, 6.07) is 7.86. The quantitative estimate of drug-likeness (QED) is 0.624. The average Bonchev–Trinajstić information content (AvgIpc) is 2.46. The summed E-state index contributed by atoms with van der Waals surface area (Å²) in [6.07, 6.45) is 0. The van der Waals surface area contributed by atoms with Crippen molar-refractivity contribution in [2.45, 2.75) is 6.92 Å². The summed E-state index contributed by atoms with van der Waals surface area (Å²) in [5, 5.41) is 29.1. The largest absolute Gasteiger partial charge is 0.478 e. The van der Waals surface area contributed by atoms with E-state index in [1.807, 2.05) is 6.92 Å². The zero-order valence-corrected chi connectivity index (χ0v) is 13.6. The van der Waals surface area contributed by atoms with Crippen molar-refractivity contribution in [2.75, 3.05) is 0 Å². The third-order valence-electron chi connectivity index (χ3n) is 2.69. The minimum absolute atomic E-state index is 0.0442. The number of nitro benzene ring substituents is 2. The molecule has 0 aliphatic heterocycles. The number of nitro groups is 2. The lowest BCUT2D eigenvalue weighted by Gasteiger charge is -1.96. The van der Waals surface area contributed by atoms with Gasteiger partial charge in [0.2, 0.25) is 0 Å². The van der Waals surface area contributed by atoms with Crippen molar-refractivity contribution < 1.29 is 19.7 Å². The fourth-order valence-corrected chi connectivity index (χ4v) is 2.10. The van der Waals surface area contributed by atoms with Crippen LogP contribution in [0.4, 0.5) is 11.4 Å². The molecule has 2 aromatic carbocycles. The normalized spacial score (nSPS) is 9.62. The van der Waals surface area contributed by atoms with Crippen LogP contribution in [0.1, 0.15) is 15.9 Å². The SMILES string of the molecule is Cc1ccc([N+](=O)[O-])c(Cl)c1.O=C(O)c1ccc([N+](=O)[O-])c(Cl)c1. The molecule has 0 bridgehead atoms. The van der Waals surface area contributed by atoms with Gasteiger partial charge in [0.1, 0.15) is 10.0 Å². The highest BCUT2D eigenvalue weighted by Gasteiger charge is 2.14. The summed E-state index contributed by atoms with van der Waals surface area (Å²) in [5.74, 6) is -1.17. The average molecular weight is 373 g/mol. The Morgan fingerprint density at radius 3 is 1.79 bits per heavy atom. The van der Waals surface area contributed by atoms with Gasteiger partial charge in [-0.15, -0.1) is 0 Å². The van der Waals surface area contributed by atoms with Gasteiger partial charge in [0, 0.05) is 12.1 Å². The molecule has 8 nitrogen and oxygen atoms in total. The van der Waals surface area contributed by atoms with Crippen LogP contribution in [0.2, 0.25) is 10.0 Å². The fraction of sp³-hybridized carbons (Fsp3) is 0.0714. The van der Waals surface area contributed by atoms with Crippen LogP contribution in [0, 0.1) is 27.2 Å². The highest BCUT2D eigenvalue weighted by molar-refractivity contribution is 6.33. The molecular formula is C14H10Cl2N2O6. The maximum atomic E-state index is 10.4. The summed E-state index contributed by atoms with van der Waals surface area (Å²) in [5.41, 5.74) is 0.500. The van der Waals surface area contributed by atoms with E-state index < -0.39 is 15.8 Å². The minimum Gasteiger partial charge on any atom is -0.478 e. The van der Waals surface area contributed by atoms with Crippen LogP contribution in [0.5, 0.6) is 0 Å². The third-order valence-corrected chi connectivity index (χ3v) is 3.30. The lowest BCUT2D eigenvalue weighted by atomic mass is 10.2. The van der Waals surface area contributed by atoms with E-state index in [-0.39, 0.29) is 27.0 Å². The predicted molar refractivity (Wildman–Crippen MR) is 87.9 cm³/mol. The van der Waals surface area contributed by atoms with Gasteiger partial charge in [-0.05, 0) is 30.7 Å². The van der Waals surface area contributed by atoms with Crippen molar-refractivity contribution in [3.05, 3.63) is 77.8 Å². The fourth-order valence-electron chi connectivity index (χ4n) is 1.55. The molecule has 0 atom stereocenters. The van der Waals surface area contributed by atoms with Crippen LogP contribution >= 0.6 is 23.2 Å². The Hall–Kier alpha value is -2.71. The number of carboxylic acid groups (broad SMARTS) is 1. The van der Waals surface area contributed by atoms with Crippen LogP contribution in [-0.4, -0.2) is 20.9 Å². The maximum Gasteiger partial charge on any atom is 0.335 e. The molecule has 0 spiro atoms. The van der Waals surface area contributed by atoms with E-state index in [1.54, 1.807) is 12.1 Å². The van der Waals surface area contributed by atoms with Crippen LogP contribution in [-0.2, 0) is 0 Å². The Balaban J connectivity index is 0.000000243. The topological polar surface area (TPSA) is 124 Å². The molecule has 2 aromatic rings. The van der Waals surface area contributed by atoms with E-state index >= 15 is 0 Å². The lowest BCUT2D eigenvalue weighted by molar-refractivity contribution is -0.384. The molecule has 0 fully saturated rings. The molecule has 0 aromatic heterocycles. The number of carboxylic acids is 1. The first-order chi connectivity index (χ1) is 11.1. The molecule has 2 rings (SSSR count). The van der Waals surface area contributed by atoms with Crippen molar-refractivity contribution in [3.8, 4) is 0 Å². The molecule has 1 N–H and O–H groups in total. The maximum absolute atomic E-state index is 10.4. The van der Waals surface area contributed by atoms with Gasteiger partial charge in [-0.1, -0.05) is 29.3 Å². The van der Waals surface area contributed by atoms with Crippen molar-refractivity contribution in [1.29, 1.82) is 0 Å². The number of halogens is 2. The van der Waals surface area contributed by atoms with Gasteiger partial charge < -0.3 is 5.11 Å². The molecule has 0 heterocycles. The zero-order chi connectivity index (χ0) is 18.4. The number of rotatable bonds is 3. The van der Waals surface area contributed by atoms with E-state index in [0.717, 1.165) is 23.8 Å². The van der Waals surface area contributed by atoms with Gasteiger partial charge in [0.25, 0.3) is 11.4 Å². The molecule has 10 heteroatoms. The Bertz CT molecular complexity index is 810. The van der Waals surface area contributed by atoms with Crippen LogP contribution < -0.4 is 0 Å². The first-order valence-corrected chi connectivity index (χ1v) is 6.97. The Morgan fingerprint density at radius 2 is 1.42 bits per heavy atom. The second kappa shape index (κ2) is 8.23. The van der Waals surface area contributed by atoms with E-state index in [0.29, 0.717) is 0 Å². The molecule has 24 heavy (non-hydrogen) atoms. The van der Waals surface area contributed by atoms with Gasteiger partial charge in [-0.3, -0.25) is 20.2 Å². The van der Waals surface area contributed by atoms with Gasteiger partial charge in [-0.25, -0.2) is 4.79 Å². The van der Waals surface area contributed by atoms with Crippen molar-refractivity contribution in [3.63, 3.8) is 0 Å². The Morgan fingerprint density at radius 1 is 0.958 bits per heavy atom. The van der Waals surface area contributed by atoms with E-state index in [4.69, 9.17) is 28.3 Å². The van der Waals surface area contributed by atoms with Crippen molar-refractivity contribution in [1.82, 2.24) is 0 Å². The zero-order valence-electron chi connectivity index (χ0n) is 12.1. The number of carbonyl (C=O) groups is 1. The Labute approximate surface area is 145 Å². The Kier molecular flexibility index (Phi) is 6.63. The monoisotopic (exact) mass is 372 g/mol. The molecule has 0 amide bonds. The number of aromatic carboxylic acids is 1. The number of aryl methyl sites for hydroxylation is 1. The molecule has 0 aliphatic carbocycles. The van der Waals surface area contributed by atoms with E-state index in [1.165, 1.54) is 6.07 Å².